The van der Waals surface area contributed by atoms with Crippen LogP contribution >= 0.6 is 0 Å². The van der Waals surface area contributed by atoms with Crippen LogP contribution < -0.4 is 16.0 Å². The maximum Gasteiger partial charge on any atom is 0.336 e. The minimum Gasteiger partial charge on any atom is -0.478 e. The van der Waals surface area contributed by atoms with Crippen LogP contribution in [0.3, 0.4) is 0 Å². The molecule has 0 saturated heterocycles. The summed E-state index contributed by atoms with van der Waals surface area (Å²) < 4.78 is 0. The standard InChI is InChI=1S/C53H54N4O5/c1-50(2,3)27-19-21-33(52(7,8)9)35(23-27)55-45(54)42-38-30-18-14-16-26-15-13-17-29(37(26)30)31-25-32(49(61)62)40-41(39(31)38)43(48(60)57-46(40)58)44(42)47(59)56-36-24-28(51(4,5)6)20-22-34(36)53(10,11)12/h13-25H,1-12H3,(H2,54,55)(H,56,59)(H,61,62)(H,57,58,60). The summed E-state index contributed by atoms with van der Waals surface area (Å²) in [6.07, 6.45) is 0. The number of rotatable bonds is 5. The van der Waals surface area contributed by atoms with Crippen LogP contribution in [-0.2, 0) is 21.7 Å². The highest BCUT2D eigenvalue weighted by Crippen LogP contribution is 2.48. The molecule has 7 aromatic carbocycles. The summed E-state index contributed by atoms with van der Waals surface area (Å²) in [4.78, 5) is 57.5. The molecule has 1 aliphatic heterocycles. The Morgan fingerprint density at radius 2 is 1.06 bits per heavy atom. The maximum atomic E-state index is 15.7. The number of aromatic carboxylic acids is 1. The molecule has 9 heteroatoms. The van der Waals surface area contributed by atoms with Gasteiger partial charge in [-0.3, -0.25) is 25.1 Å². The van der Waals surface area contributed by atoms with Crippen LogP contribution in [0.4, 0.5) is 11.4 Å². The largest absolute Gasteiger partial charge is 0.478 e. The molecule has 316 valence electrons. The molecule has 9 nitrogen and oxygen atoms in total. The first kappa shape index (κ1) is 42.1. The van der Waals surface area contributed by atoms with E-state index < -0.39 is 29.1 Å². The van der Waals surface area contributed by atoms with Gasteiger partial charge in [-0.15, -0.1) is 0 Å². The molecule has 1 heterocycles. The first-order chi connectivity index (χ1) is 28.8. The normalized spacial score (nSPS) is 13.6. The SMILES string of the molecule is CC(C)(C)c1ccc(C(C)(C)C)c(NC(=N)c2c(C(=O)Nc3cc(C(C)(C)C)ccc3C(C)(C)C)c3c4c(c(C(=O)O)cc5c6cccc7cccc(c2c45)c76)C(=O)NC3=O)c1. The Kier molecular flexibility index (Phi) is 9.48. The number of carbonyl (C=O) groups excluding carboxylic acids is 3. The highest BCUT2D eigenvalue weighted by atomic mass is 16.4. The van der Waals surface area contributed by atoms with E-state index in [0.717, 1.165) is 33.0 Å². The Balaban J connectivity index is 1.57. The number of hydrogen-bond acceptors (Lipinski definition) is 5. The second-order valence-electron chi connectivity index (χ2n) is 20.9. The summed E-state index contributed by atoms with van der Waals surface area (Å²) >= 11 is 0. The van der Waals surface area contributed by atoms with Gasteiger partial charge in [0.15, 0.2) is 0 Å². The molecule has 5 N–H and O–H groups in total. The van der Waals surface area contributed by atoms with Crippen molar-refractivity contribution in [3.63, 3.8) is 0 Å². The van der Waals surface area contributed by atoms with Gasteiger partial charge in [0.25, 0.3) is 17.7 Å². The van der Waals surface area contributed by atoms with E-state index in [1.165, 1.54) is 6.07 Å². The van der Waals surface area contributed by atoms with Crippen molar-refractivity contribution in [1.82, 2.24) is 5.32 Å². The van der Waals surface area contributed by atoms with Crippen LogP contribution in [0.1, 0.15) is 152 Å². The lowest BCUT2D eigenvalue weighted by molar-refractivity contribution is 0.0687. The molecule has 7 aromatic rings. The second kappa shape index (κ2) is 14.0. The highest BCUT2D eigenvalue weighted by Gasteiger charge is 2.39. The van der Waals surface area contributed by atoms with E-state index >= 15 is 4.79 Å². The lowest BCUT2D eigenvalue weighted by Gasteiger charge is -2.30. The van der Waals surface area contributed by atoms with Crippen LogP contribution in [0.2, 0.25) is 0 Å². The Bertz CT molecular complexity index is 3120. The smallest absolute Gasteiger partial charge is 0.336 e. The summed E-state index contributed by atoms with van der Waals surface area (Å²) in [7, 11) is 0. The molecule has 0 fully saturated rings. The number of amides is 3. The molecule has 0 atom stereocenters. The predicted octanol–water partition coefficient (Wildman–Crippen LogP) is 12.2. The molecule has 0 aromatic heterocycles. The number of imide groups is 1. The minimum absolute atomic E-state index is 0.0708. The van der Waals surface area contributed by atoms with E-state index in [0.29, 0.717) is 38.3 Å². The van der Waals surface area contributed by atoms with Crippen LogP contribution in [-0.4, -0.2) is 34.6 Å². The van der Waals surface area contributed by atoms with Crippen LogP contribution in [0.15, 0.2) is 78.9 Å². The number of carboxylic acids is 1. The molecule has 0 unspecified atom stereocenters. The average molecular weight is 827 g/mol. The number of fused-ring (bicyclic) bond motifs is 2. The lowest BCUT2D eigenvalue weighted by atomic mass is 9.78. The van der Waals surface area contributed by atoms with E-state index in [1.54, 1.807) is 0 Å². The zero-order valence-electron chi connectivity index (χ0n) is 37.6. The first-order valence-electron chi connectivity index (χ1n) is 21.1. The Morgan fingerprint density at radius 1 is 0.548 bits per heavy atom. The molecule has 0 bridgehead atoms. The summed E-state index contributed by atoms with van der Waals surface area (Å²) in [6, 6.07) is 25.3. The second-order valence-corrected chi connectivity index (χ2v) is 20.9. The maximum absolute atomic E-state index is 15.7. The van der Waals surface area contributed by atoms with E-state index in [9.17, 15) is 24.9 Å². The van der Waals surface area contributed by atoms with E-state index in [4.69, 9.17) is 0 Å². The van der Waals surface area contributed by atoms with Crippen LogP contribution in [0.5, 0.6) is 0 Å². The summed E-state index contributed by atoms with van der Waals surface area (Å²) in [6.45, 7) is 25.1. The van der Waals surface area contributed by atoms with Crippen molar-refractivity contribution in [1.29, 1.82) is 5.41 Å². The molecule has 0 spiro atoms. The molecule has 0 radical (unpaired) electrons. The van der Waals surface area contributed by atoms with Gasteiger partial charge in [-0.05, 0) is 94.4 Å². The van der Waals surface area contributed by atoms with Gasteiger partial charge < -0.3 is 15.7 Å². The van der Waals surface area contributed by atoms with Crippen molar-refractivity contribution in [2.45, 2.75) is 105 Å². The van der Waals surface area contributed by atoms with Gasteiger partial charge in [0.1, 0.15) is 5.84 Å². The summed E-state index contributed by atoms with van der Waals surface area (Å²) in [5.41, 5.74) is 3.06. The average Bonchev–Trinajstić information content (AvgIpc) is 3.16. The van der Waals surface area contributed by atoms with Gasteiger partial charge in [-0.1, -0.05) is 144 Å². The van der Waals surface area contributed by atoms with E-state index in [-0.39, 0.29) is 55.3 Å². The number of hydrogen-bond donors (Lipinski definition) is 5. The van der Waals surface area contributed by atoms with Gasteiger partial charge in [0, 0.05) is 27.7 Å². The summed E-state index contributed by atoms with van der Waals surface area (Å²) in [5.74, 6) is -3.91. The van der Waals surface area contributed by atoms with E-state index in [2.05, 4.69) is 117 Å². The fourth-order valence-corrected chi connectivity index (χ4v) is 9.20. The van der Waals surface area contributed by atoms with Crippen molar-refractivity contribution >= 4 is 84.0 Å². The number of carboxylic acid groups (broad SMARTS) is 1. The topological polar surface area (TPSA) is 148 Å². The molecular weight excluding hydrogens is 773 g/mol. The zero-order chi connectivity index (χ0) is 45.2. The Morgan fingerprint density at radius 3 is 1.58 bits per heavy atom. The number of nitrogens with one attached hydrogen (secondary N) is 4. The van der Waals surface area contributed by atoms with Crippen LogP contribution in [0.25, 0.3) is 43.1 Å². The Labute approximate surface area is 362 Å². The fourth-order valence-electron chi connectivity index (χ4n) is 9.20. The molecule has 62 heavy (non-hydrogen) atoms. The molecular formula is C53H54N4O5. The van der Waals surface area contributed by atoms with Gasteiger partial charge in [0.2, 0.25) is 0 Å². The Hall–Kier alpha value is -6.61. The van der Waals surface area contributed by atoms with Crippen molar-refractivity contribution in [3.8, 4) is 0 Å². The third kappa shape index (κ3) is 6.75. The fraction of sp³-hybridized carbons (Fsp3) is 0.302. The summed E-state index contributed by atoms with van der Waals surface area (Å²) in [5, 5.41) is 34.5. The van der Waals surface area contributed by atoms with Crippen molar-refractivity contribution in [3.05, 3.63) is 129 Å². The zero-order valence-corrected chi connectivity index (χ0v) is 37.6. The van der Waals surface area contributed by atoms with Crippen LogP contribution in [0, 0.1) is 5.41 Å². The van der Waals surface area contributed by atoms with Gasteiger partial charge in [-0.2, -0.15) is 0 Å². The first-order valence-corrected chi connectivity index (χ1v) is 21.1. The van der Waals surface area contributed by atoms with Gasteiger partial charge in [0.05, 0.1) is 22.3 Å². The van der Waals surface area contributed by atoms with E-state index in [1.807, 2.05) is 54.6 Å². The van der Waals surface area contributed by atoms with Crippen molar-refractivity contribution < 1.29 is 24.3 Å². The molecule has 1 aliphatic rings. The highest BCUT2D eigenvalue weighted by molar-refractivity contribution is 6.45. The van der Waals surface area contributed by atoms with Gasteiger partial charge >= 0.3 is 5.97 Å². The molecule has 0 aliphatic carbocycles. The number of amidine groups is 1. The minimum atomic E-state index is -1.35. The molecule has 3 amide bonds. The predicted molar refractivity (Wildman–Crippen MR) is 252 cm³/mol. The quantitative estimate of drug-likeness (QED) is 0.0384. The third-order valence-electron chi connectivity index (χ3n) is 12.3. The third-order valence-corrected chi connectivity index (χ3v) is 12.3. The molecule has 0 saturated carbocycles. The lowest BCUT2D eigenvalue weighted by Crippen LogP contribution is -2.39. The molecule has 8 rings (SSSR count). The van der Waals surface area contributed by atoms with Gasteiger partial charge in [-0.25, -0.2) is 4.79 Å². The number of anilines is 2. The monoisotopic (exact) mass is 826 g/mol. The number of carbonyl (C=O) groups is 4. The van der Waals surface area contributed by atoms with Crippen molar-refractivity contribution in [2.24, 2.45) is 0 Å². The number of benzene rings is 7. The van der Waals surface area contributed by atoms with Crippen molar-refractivity contribution in [2.75, 3.05) is 10.6 Å².